The lowest BCUT2D eigenvalue weighted by Crippen LogP contribution is -2.45. The molecule has 17 heavy (non-hydrogen) atoms. The molecule has 2 fully saturated rings. The quantitative estimate of drug-likeness (QED) is 0.712. The summed E-state index contributed by atoms with van der Waals surface area (Å²) in [5.74, 6) is 0.348. The summed E-state index contributed by atoms with van der Waals surface area (Å²) in [6.07, 6.45) is 3.25. The van der Waals surface area contributed by atoms with Gasteiger partial charge in [-0.3, -0.25) is 14.5 Å². The van der Waals surface area contributed by atoms with Gasteiger partial charge < -0.3 is 10.0 Å². The summed E-state index contributed by atoms with van der Waals surface area (Å²) in [6.45, 7) is 2.19. The van der Waals surface area contributed by atoms with Crippen molar-refractivity contribution < 1.29 is 14.7 Å². The Balaban J connectivity index is 1.80. The van der Waals surface area contributed by atoms with Gasteiger partial charge in [-0.1, -0.05) is 0 Å². The number of aliphatic hydroxyl groups is 1. The summed E-state index contributed by atoms with van der Waals surface area (Å²) in [6, 6.07) is 0.484. The van der Waals surface area contributed by atoms with E-state index < -0.39 is 0 Å². The molecular weight excluding hydrogens is 220 g/mol. The van der Waals surface area contributed by atoms with Crippen LogP contribution in [0.15, 0.2) is 0 Å². The Labute approximate surface area is 101 Å². The summed E-state index contributed by atoms with van der Waals surface area (Å²) in [5, 5.41) is 8.96. The van der Waals surface area contributed by atoms with Gasteiger partial charge in [0.1, 0.15) is 5.78 Å². The summed E-state index contributed by atoms with van der Waals surface area (Å²) in [5.41, 5.74) is 0. The van der Waals surface area contributed by atoms with E-state index in [4.69, 9.17) is 5.11 Å². The topological polar surface area (TPSA) is 60.9 Å². The molecule has 0 bridgehead atoms. The summed E-state index contributed by atoms with van der Waals surface area (Å²) in [7, 11) is 0. The molecule has 0 aromatic carbocycles. The van der Waals surface area contributed by atoms with Gasteiger partial charge in [0.25, 0.3) is 0 Å². The Morgan fingerprint density at radius 2 is 2.00 bits per heavy atom. The van der Waals surface area contributed by atoms with Gasteiger partial charge in [-0.05, 0) is 12.8 Å². The molecule has 0 radical (unpaired) electrons. The molecule has 5 heteroatoms. The lowest BCUT2D eigenvalue weighted by Gasteiger charge is -2.29. The zero-order valence-electron chi connectivity index (χ0n) is 10.1. The Bertz CT molecular complexity index is 292. The third kappa shape index (κ3) is 3.51. The van der Waals surface area contributed by atoms with Crippen LogP contribution in [0.25, 0.3) is 0 Å². The third-order valence-electron chi connectivity index (χ3n) is 3.46. The lowest BCUT2D eigenvalue weighted by atomic mass is 10.1. The first kappa shape index (κ1) is 12.5. The molecule has 1 N–H and O–H groups in total. The van der Waals surface area contributed by atoms with Crippen LogP contribution < -0.4 is 0 Å². The fourth-order valence-corrected chi connectivity index (χ4v) is 2.24. The highest BCUT2D eigenvalue weighted by atomic mass is 16.3. The van der Waals surface area contributed by atoms with Crippen LogP contribution in [0.1, 0.15) is 25.7 Å². The van der Waals surface area contributed by atoms with Gasteiger partial charge in [0, 0.05) is 38.5 Å². The van der Waals surface area contributed by atoms with Crippen LogP contribution >= 0.6 is 0 Å². The number of hydrogen-bond donors (Lipinski definition) is 1. The zero-order chi connectivity index (χ0) is 12.3. The van der Waals surface area contributed by atoms with E-state index in [-0.39, 0.29) is 18.3 Å². The number of likely N-dealkylation sites (tertiary alicyclic amines) is 1. The minimum atomic E-state index is 0.0952. The molecule has 1 saturated heterocycles. The van der Waals surface area contributed by atoms with Crippen molar-refractivity contribution >= 4 is 11.7 Å². The molecule has 0 atom stereocenters. The number of ketones is 1. The van der Waals surface area contributed by atoms with Gasteiger partial charge in [0.2, 0.25) is 5.91 Å². The third-order valence-corrected chi connectivity index (χ3v) is 3.46. The second-order valence-corrected chi connectivity index (χ2v) is 4.84. The summed E-state index contributed by atoms with van der Waals surface area (Å²) >= 11 is 0. The van der Waals surface area contributed by atoms with Crippen molar-refractivity contribution in [1.82, 2.24) is 9.80 Å². The average molecular weight is 240 g/mol. The standard InChI is InChI=1S/C12H20N2O3/c15-8-7-14(10-1-2-10)9-12(17)13-5-3-11(16)4-6-13/h10,15H,1-9H2. The molecule has 0 aromatic rings. The van der Waals surface area contributed by atoms with Gasteiger partial charge in [-0.25, -0.2) is 0 Å². The van der Waals surface area contributed by atoms with Crippen molar-refractivity contribution in [3.8, 4) is 0 Å². The zero-order valence-corrected chi connectivity index (χ0v) is 10.1. The first-order valence-electron chi connectivity index (χ1n) is 6.35. The predicted octanol–water partition coefficient (Wildman–Crippen LogP) is -0.365. The molecule has 0 unspecified atom stereocenters. The smallest absolute Gasteiger partial charge is 0.236 e. The maximum absolute atomic E-state index is 12.0. The molecular formula is C12H20N2O3. The van der Waals surface area contributed by atoms with Crippen molar-refractivity contribution in [1.29, 1.82) is 0 Å². The number of rotatable bonds is 5. The van der Waals surface area contributed by atoms with Crippen molar-refractivity contribution in [3.05, 3.63) is 0 Å². The van der Waals surface area contributed by atoms with Crippen LogP contribution in [0.3, 0.4) is 0 Å². The Morgan fingerprint density at radius 3 is 2.53 bits per heavy atom. The molecule has 2 rings (SSSR count). The maximum atomic E-state index is 12.0. The number of carbonyl (C=O) groups is 2. The minimum absolute atomic E-state index is 0.0952. The second kappa shape index (κ2) is 5.60. The Morgan fingerprint density at radius 1 is 1.35 bits per heavy atom. The van der Waals surface area contributed by atoms with E-state index in [1.165, 1.54) is 0 Å². The average Bonchev–Trinajstić information content (AvgIpc) is 3.13. The molecule has 96 valence electrons. The van der Waals surface area contributed by atoms with E-state index in [9.17, 15) is 9.59 Å². The molecule has 1 saturated carbocycles. The van der Waals surface area contributed by atoms with E-state index in [1.807, 2.05) is 0 Å². The molecule has 1 aliphatic carbocycles. The van der Waals surface area contributed by atoms with Crippen LogP contribution in [-0.2, 0) is 9.59 Å². The van der Waals surface area contributed by atoms with Crippen LogP contribution in [-0.4, -0.2) is 65.4 Å². The summed E-state index contributed by atoms with van der Waals surface area (Å²) < 4.78 is 0. The van der Waals surface area contributed by atoms with E-state index >= 15 is 0 Å². The number of nitrogens with zero attached hydrogens (tertiary/aromatic N) is 2. The van der Waals surface area contributed by atoms with Crippen LogP contribution in [0.5, 0.6) is 0 Å². The van der Waals surface area contributed by atoms with Crippen LogP contribution in [0.4, 0.5) is 0 Å². The van der Waals surface area contributed by atoms with E-state index in [0.717, 1.165) is 12.8 Å². The van der Waals surface area contributed by atoms with Gasteiger partial charge in [-0.2, -0.15) is 0 Å². The highest BCUT2D eigenvalue weighted by Crippen LogP contribution is 2.26. The molecule has 1 amide bonds. The fraction of sp³-hybridized carbons (Fsp3) is 0.833. The Kier molecular flexibility index (Phi) is 4.12. The van der Waals surface area contributed by atoms with Gasteiger partial charge in [-0.15, -0.1) is 0 Å². The first-order valence-corrected chi connectivity index (χ1v) is 6.35. The lowest BCUT2D eigenvalue weighted by molar-refractivity contribution is -0.135. The molecule has 0 spiro atoms. The molecule has 0 aromatic heterocycles. The second-order valence-electron chi connectivity index (χ2n) is 4.84. The number of hydrogen-bond acceptors (Lipinski definition) is 4. The normalized spacial score (nSPS) is 21.1. The van der Waals surface area contributed by atoms with Crippen molar-refractivity contribution in [2.75, 3.05) is 32.8 Å². The number of amides is 1. The first-order chi connectivity index (χ1) is 8.20. The largest absolute Gasteiger partial charge is 0.395 e. The van der Waals surface area contributed by atoms with Crippen molar-refractivity contribution in [2.45, 2.75) is 31.7 Å². The van der Waals surface area contributed by atoms with Gasteiger partial charge in [0.05, 0.1) is 13.2 Å². The number of Topliss-reactive ketones (excluding diaryl/α,β-unsaturated/α-hetero) is 1. The van der Waals surface area contributed by atoms with Gasteiger partial charge in [0.15, 0.2) is 0 Å². The highest BCUT2D eigenvalue weighted by molar-refractivity contribution is 5.84. The van der Waals surface area contributed by atoms with Gasteiger partial charge >= 0.3 is 0 Å². The fourth-order valence-electron chi connectivity index (χ4n) is 2.24. The van der Waals surface area contributed by atoms with Crippen LogP contribution in [0.2, 0.25) is 0 Å². The molecule has 1 heterocycles. The number of carbonyl (C=O) groups excluding carboxylic acids is 2. The molecule has 1 aliphatic heterocycles. The number of aliphatic hydroxyl groups excluding tert-OH is 1. The highest BCUT2D eigenvalue weighted by Gasteiger charge is 2.31. The monoisotopic (exact) mass is 240 g/mol. The van der Waals surface area contributed by atoms with E-state index in [0.29, 0.717) is 45.1 Å². The van der Waals surface area contributed by atoms with Crippen molar-refractivity contribution in [3.63, 3.8) is 0 Å². The molecule has 5 nitrogen and oxygen atoms in total. The summed E-state index contributed by atoms with van der Waals surface area (Å²) in [4.78, 5) is 26.9. The Hall–Kier alpha value is -0.940. The minimum Gasteiger partial charge on any atom is -0.395 e. The number of piperidine rings is 1. The van der Waals surface area contributed by atoms with E-state index in [2.05, 4.69) is 4.90 Å². The SMILES string of the molecule is O=C1CCN(C(=O)CN(CCO)C2CC2)CC1. The molecule has 2 aliphatic rings. The van der Waals surface area contributed by atoms with Crippen molar-refractivity contribution in [2.24, 2.45) is 0 Å². The predicted molar refractivity (Wildman–Crippen MR) is 62.5 cm³/mol. The maximum Gasteiger partial charge on any atom is 0.236 e. The van der Waals surface area contributed by atoms with E-state index in [1.54, 1.807) is 4.90 Å². The van der Waals surface area contributed by atoms with Crippen LogP contribution in [0, 0.1) is 0 Å².